The van der Waals surface area contributed by atoms with Gasteiger partial charge < -0.3 is 11.1 Å². The lowest BCUT2D eigenvalue weighted by atomic mass is 10.1. The van der Waals surface area contributed by atoms with E-state index in [2.05, 4.69) is 37.2 Å². The van der Waals surface area contributed by atoms with Crippen molar-refractivity contribution in [2.45, 2.75) is 0 Å². The van der Waals surface area contributed by atoms with E-state index in [1.165, 1.54) is 0 Å². The van der Waals surface area contributed by atoms with Crippen LogP contribution in [0.2, 0.25) is 5.02 Å². The van der Waals surface area contributed by atoms with E-state index < -0.39 is 0 Å². The SMILES string of the molecule is NC(=S)c1ccc(Br)cc1NC(=O)c1cc(Br)ccc1Cl. The van der Waals surface area contributed by atoms with Gasteiger partial charge >= 0.3 is 0 Å². The van der Waals surface area contributed by atoms with E-state index in [0.29, 0.717) is 21.8 Å². The lowest BCUT2D eigenvalue weighted by Crippen LogP contribution is -2.18. The number of carbonyl (C=O) groups excluding carboxylic acids is 1. The zero-order valence-electron chi connectivity index (χ0n) is 10.5. The van der Waals surface area contributed by atoms with Crippen LogP contribution in [0.3, 0.4) is 0 Å². The van der Waals surface area contributed by atoms with Crippen LogP contribution in [0.5, 0.6) is 0 Å². The maximum Gasteiger partial charge on any atom is 0.257 e. The quantitative estimate of drug-likeness (QED) is 0.666. The highest BCUT2D eigenvalue weighted by Gasteiger charge is 2.14. The number of nitrogens with one attached hydrogen (secondary N) is 1. The van der Waals surface area contributed by atoms with Gasteiger partial charge in [0.2, 0.25) is 0 Å². The summed E-state index contributed by atoms with van der Waals surface area (Å²) in [5.74, 6) is -0.336. The molecule has 0 aliphatic rings. The molecule has 7 heteroatoms. The van der Waals surface area contributed by atoms with Crippen molar-refractivity contribution in [3.05, 3.63) is 61.5 Å². The van der Waals surface area contributed by atoms with Crippen LogP contribution < -0.4 is 11.1 Å². The number of anilines is 1. The minimum Gasteiger partial charge on any atom is -0.389 e. The fraction of sp³-hybridized carbons (Fsp3) is 0. The fourth-order valence-corrected chi connectivity index (χ4v) is 2.80. The van der Waals surface area contributed by atoms with Gasteiger partial charge in [0, 0.05) is 14.5 Å². The molecule has 0 fully saturated rings. The van der Waals surface area contributed by atoms with E-state index >= 15 is 0 Å². The van der Waals surface area contributed by atoms with Crippen LogP contribution in [0.4, 0.5) is 5.69 Å². The van der Waals surface area contributed by atoms with E-state index in [1.54, 1.807) is 36.4 Å². The van der Waals surface area contributed by atoms with Crippen molar-refractivity contribution in [3.8, 4) is 0 Å². The molecule has 0 aromatic heterocycles. The lowest BCUT2D eigenvalue weighted by Gasteiger charge is -2.11. The van der Waals surface area contributed by atoms with E-state index in [4.69, 9.17) is 29.6 Å². The molecule has 0 aliphatic heterocycles. The summed E-state index contributed by atoms with van der Waals surface area (Å²) in [4.78, 5) is 12.6. The Morgan fingerprint density at radius 2 is 1.71 bits per heavy atom. The normalized spacial score (nSPS) is 10.2. The summed E-state index contributed by atoms with van der Waals surface area (Å²) in [7, 11) is 0. The van der Waals surface area contributed by atoms with Crippen LogP contribution in [-0.4, -0.2) is 10.9 Å². The maximum atomic E-state index is 12.4. The predicted octanol–water partition coefficient (Wildman–Crippen LogP) is 4.75. The number of halogens is 3. The molecule has 1 amide bonds. The monoisotopic (exact) mass is 446 g/mol. The number of hydrogen-bond acceptors (Lipinski definition) is 2. The number of amides is 1. The second kappa shape index (κ2) is 6.87. The molecule has 0 radical (unpaired) electrons. The van der Waals surface area contributed by atoms with Gasteiger partial charge in [-0.2, -0.15) is 0 Å². The highest BCUT2D eigenvalue weighted by molar-refractivity contribution is 9.10. The summed E-state index contributed by atoms with van der Waals surface area (Å²) in [6, 6.07) is 10.3. The first-order chi connectivity index (χ1) is 9.88. The Hall–Kier alpha value is -0.950. The molecule has 2 rings (SSSR count). The van der Waals surface area contributed by atoms with Gasteiger partial charge in [-0.1, -0.05) is 55.7 Å². The highest BCUT2D eigenvalue weighted by Crippen LogP contribution is 2.25. The molecule has 0 bridgehead atoms. The molecule has 0 heterocycles. The van der Waals surface area contributed by atoms with Crippen LogP contribution >= 0.6 is 55.7 Å². The summed E-state index contributed by atoms with van der Waals surface area (Å²) in [5.41, 5.74) is 7.14. The van der Waals surface area contributed by atoms with Crippen LogP contribution in [-0.2, 0) is 0 Å². The van der Waals surface area contributed by atoms with Crippen LogP contribution in [0.25, 0.3) is 0 Å². The number of carbonyl (C=O) groups is 1. The first-order valence-corrected chi connectivity index (χ1v) is 8.11. The molecule has 0 atom stereocenters. The average molecular weight is 449 g/mol. The van der Waals surface area contributed by atoms with Gasteiger partial charge in [0.15, 0.2) is 0 Å². The summed E-state index contributed by atoms with van der Waals surface area (Å²) < 4.78 is 1.57. The zero-order valence-corrected chi connectivity index (χ0v) is 15.2. The molecule has 108 valence electrons. The summed E-state index contributed by atoms with van der Waals surface area (Å²) in [6.07, 6.45) is 0. The van der Waals surface area contributed by atoms with Gasteiger partial charge in [0.1, 0.15) is 4.99 Å². The van der Waals surface area contributed by atoms with E-state index in [0.717, 1.165) is 8.95 Å². The average Bonchev–Trinajstić information content (AvgIpc) is 2.41. The Kier molecular flexibility index (Phi) is 5.37. The summed E-state index contributed by atoms with van der Waals surface area (Å²) in [5, 5.41) is 3.14. The van der Waals surface area contributed by atoms with Gasteiger partial charge in [-0.05, 0) is 36.4 Å². The lowest BCUT2D eigenvalue weighted by molar-refractivity contribution is 0.102. The Balaban J connectivity index is 2.38. The second-order valence-electron chi connectivity index (χ2n) is 4.13. The Bertz CT molecular complexity index is 737. The molecular weight excluding hydrogens is 439 g/mol. The molecule has 3 nitrogen and oxygen atoms in total. The third kappa shape index (κ3) is 4.03. The standard InChI is InChI=1S/C14H9Br2ClN2OS/c15-7-2-4-11(17)10(5-7)14(20)19-12-6-8(16)1-3-9(12)13(18)21/h1-6H,(H2,18,21)(H,19,20). The molecule has 0 saturated heterocycles. The maximum absolute atomic E-state index is 12.4. The van der Waals surface area contributed by atoms with E-state index in [-0.39, 0.29) is 10.9 Å². The van der Waals surface area contributed by atoms with Crippen molar-refractivity contribution in [3.63, 3.8) is 0 Å². The van der Waals surface area contributed by atoms with Gasteiger partial charge in [0.25, 0.3) is 5.91 Å². The third-order valence-corrected chi connectivity index (χ3v) is 4.20. The first kappa shape index (κ1) is 16.4. The predicted molar refractivity (Wildman–Crippen MR) is 97.1 cm³/mol. The topological polar surface area (TPSA) is 55.1 Å². The van der Waals surface area contributed by atoms with Crippen molar-refractivity contribution >= 4 is 72.3 Å². The molecule has 0 aliphatic carbocycles. The zero-order chi connectivity index (χ0) is 15.6. The number of rotatable bonds is 3. The van der Waals surface area contributed by atoms with E-state index in [1.807, 2.05) is 0 Å². The number of benzene rings is 2. The Labute approximate surface area is 149 Å². The van der Waals surface area contributed by atoms with Gasteiger partial charge in [0.05, 0.1) is 16.3 Å². The Morgan fingerprint density at radius 3 is 2.38 bits per heavy atom. The number of hydrogen-bond donors (Lipinski definition) is 2. The number of nitrogens with two attached hydrogens (primary N) is 1. The third-order valence-electron chi connectivity index (χ3n) is 2.67. The van der Waals surface area contributed by atoms with Crippen molar-refractivity contribution in [1.82, 2.24) is 0 Å². The fourth-order valence-electron chi connectivity index (χ4n) is 1.70. The second-order valence-corrected chi connectivity index (χ2v) is 6.81. The first-order valence-electron chi connectivity index (χ1n) is 5.74. The highest BCUT2D eigenvalue weighted by atomic mass is 79.9. The molecule has 2 aromatic rings. The molecule has 0 spiro atoms. The molecule has 0 saturated carbocycles. The number of thiocarbonyl (C=S) groups is 1. The van der Waals surface area contributed by atoms with Gasteiger partial charge in [-0.25, -0.2) is 0 Å². The van der Waals surface area contributed by atoms with Gasteiger partial charge in [-0.15, -0.1) is 0 Å². The smallest absolute Gasteiger partial charge is 0.257 e. The molecular formula is C14H9Br2ClN2OS. The minimum atomic E-state index is -0.336. The van der Waals surface area contributed by atoms with Crippen molar-refractivity contribution < 1.29 is 4.79 Å². The van der Waals surface area contributed by atoms with Crippen LogP contribution in [0.15, 0.2) is 45.3 Å². The van der Waals surface area contributed by atoms with Crippen LogP contribution in [0.1, 0.15) is 15.9 Å². The Morgan fingerprint density at radius 1 is 1.10 bits per heavy atom. The van der Waals surface area contributed by atoms with Crippen LogP contribution in [0, 0.1) is 0 Å². The van der Waals surface area contributed by atoms with Gasteiger partial charge in [-0.3, -0.25) is 4.79 Å². The largest absolute Gasteiger partial charge is 0.389 e. The van der Waals surface area contributed by atoms with Crippen molar-refractivity contribution in [2.24, 2.45) is 5.73 Å². The van der Waals surface area contributed by atoms with Crippen molar-refractivity contribution in [2.75, 3.05) is 5.32 Å². The summed E-state index contributed by atoms with van der Waals surface area (Å²) >= 11 is 17.7. The molecule has 21 heavy (non-hydrogen) atoms. The molecule has 0 unspecified atom stereocenters. The molecule has 2 aromatic carbocycles. The molecule has 3 N–H and O–H groups in total. The van der Waals surface area contributed by atoms with E-state index in [9.17, 15) is 4.79 Å². The van der Waals surface area contributed by atoms with Crippen molar-refractivity contribution in [1.29, 1.82) is 0 Å². The summed E-state index contributed by atoms with van der Waals surface area (Å²) in [6.45, 7) is 0. The minimum absolute atomic E-state index is 0.207.